The molecule has 1 aromatic carbocycles. The molecule has 1 amide bonds. The molecule has 2 heterocycles. The molecule has 3 rings (SSSR count). The maximum atomic E-state index is 12.2. The van der Waals surface area contributed by atoms with E-state index in [9.17, 15) is 9.59 Å². The van der Waals surface area contributed by atoms with Gasteiger partial charge in [0.05, 0.1) is 23.1 Å². The maximum Gasteiger partial charge on any atom is 0.350 e. The average Bonchev–Trinajstić information content (AvgIpc) is 3.15. The van der Waals surface area contributed by atoms with E-state index in [1.54, 1.807) is 13.0 Å². The molecule has 7 heteroatoms. The van der Waals surface area contributed by atoms with E-state index in [4.69, 9.17) is 4.74 Å². The number of nitrogens with zero attached hydrogens (tertiary/aromatic N) is 1. The van der Waals surface area contributed by atoms with Crippen LogP contribution in [-0.4, -0.2) is 29.2 Å². The molecule has 2 aromatic rings. The highest BCUT2D eigenvalue weighted by Crippen LogP contribution is 2.31. The Kier molecular flexibility index (Phi) is 4.78. The SMILES string of the molecule is CCOC(=O)c1sc(/C=C2\NC(=O)CS2)nc1-c1ccccc1. The second-order valence-electron chi connectivity index (χ2n) is 4.66. The van der Waals surface area contributed by atoms with Crippen molar-refractivity contribution < 1.29 is 14.3 Å². The van der Waals surface area contributed by atoms with E-state index in [-0.39, 0.29) is 11.9 Å². The van der Waals surface area contributed by atoms with Crippen molar-refractivity contribution >= 4 is 41.1 Å². The van der Waals surface area contributed by atoms with Crippen molar-refractivity contribution in [2.75, 3.05) is 12.4 Å². The minimum atomic E-state index is -0.378. The van der Waals surface area contributed by atoms with Crippen LogP contribution in [0.2, 0.25) is 0 Å². The molecule has 0 atom stereocenters. The smallest absolute Gasteiger partial charge is 0.350 e. The summed E-state index contributed by atoms with van der Waals surface area (Å²) in [5, 5.41) is 4.17. The first-order valence-electron chi connectivity index (χ1n) is 7.05. The van der Waals surface area contributed by atoms with Crippen LogP contribution >= 0.6 is 23.1 Å². The number of hydrogen-bond donors (Lipinski definition) is 1. The van der Waals surface area contributed by atoms with Crippen molar-refractivity contribution in [2.45, 2.75) is 6.92 Å². The van der Waals surface area contributed by atoms with Gasteiger partial charge in [0.1, 0.15) is 9.88 Å². The molecule has 1 aliphatic rings. The minimum Gasteiger partial charge on any atom is -0.462 e. The number of esters is 1. The first-order chi connectivity index (χ1) is 11.2. The Balaban J connectivity index is 2.00. The summed E-state index contributed by atoms with van der Waals surface area (Å²) in [6.45, 7) is 2.09. The molecule has 1 N–H and O–H groups in total. The Morgan fingerprint density at radius 1 is 1.39 bits per heavy atom. The Labute approximate surface area is 141 Å². The van der Waals surface area contributed by atoms with Crippen LogP contribution in [-0.2, 0) is 9.53 Å². The van der Waals surface area contributed by atoms with Gasteiger partial charge in [-0.05, 0) is 6.92 Å². The summed E-state index contributed by atoms with van der Waals surface area (Å²) in [6.07, 6.45) is 1.79. The summed E-state index contributed by atoms with van der Waals surface area (Å²) in [4.78, 5) is 28.5. The van der Waals surface area contributed by atoms with Crippen molar-refractivity contribution in [1.82, 2.24) is 10.3 Å². The van der Waals surface area contributed by atoms with Crippen LogP contribution in [0.25, 0.3) is 17.3 Å². The molecule has 5 nitrogen and oxygen atoms in total. The molecule has 23 heavy (non-hydrogen) atoms. The molecular weight excluding hydrogens is 332 g/mol. The zero-order chi connectivity index (χ0) is 16.2. The van der Waals surface area contributed by atoms with E-state index in [2.05, 4.69) is 10.3 Å². The molecule has 0 unspecified atom stereocenters. The lowest BCUT2D eigenvalue weighted by Gasteiger charge is -2.01. The van der Waals surface area contributed by atoms with Crippen LogP contribution < -0.4 is 5.32 Å². The third-order valence-corrected chi connectivity index (χ3v) is 4.95. The van der Waals surface area contributed by atoms with Crippen LogP contribution in [0.1, 0.15) is 21.6 Å². The van der Waals surface area contributed by atoms with Gasteiger partial charge in [-0.2, -0.15) is 0 Å². The van der Waals surface area contributed by atoms with E-state index in [0.29, 0.717) is 27.9 Å². The Bertz CT molecular complexity index is 769. The van der Waals surface area contributed by atoms with E-state index in [1.165, 1.54) is 23.1 Å². The van der Waals surface area contributed by atoms with Gasteiger partial charge in [0.2, 0.25) is 5.91 Å². The Hall–Kier alpha value is -2.12. The van der Waals surface area contributed by atoms with E-state index in [1.807, 2.05) is 30.3 Å². The largest absolute Gasteiger partial charge is 0.462 e. The standard InChI is InChI=1S/C16H14N2O3S2/c1-2-21-16(20)15-14(10-6-4-3-5-7-10)18-13(23-15)8-12-17-11(19)9-22-12/h3-8H,2,9H2,1H3,(H,17,19)/b12-8+. The zero-order valence-electron chi connectivity index (χ0n) is 12.4. The molecule has 1 aliphatic heterocycles. The number of nitrogens with one attached hydrogen (secondary N) is 1. The highest BCUT2D eigenvalue weighted by molar-refractivity contribution is 8.04. The third kappa shape index (κ3) is 3.62. The summed E-state index contributed by atoms with van der Waals surface area (Å²) in [6, 6.07) is 9.51. The van der Waals surface area contributed by atoms with Crippen LogP contribution in [0.4, 0.5) is 0 Å². The van der Waals surface area contributed by atoms with E-state index >= 15 is 0 Å². The lowest BCUT2D eigenvalue weighted by atomic mass is 10.1. The first kappa shape index (κ1) is 15.8. The number of hydrogen-bond acceptors (Lipinski definition) is 6. The molecule has 0 spiro atoms. The molecule has 1 fully saturated rings. The number of amides is 1. The van der Waals surface area contributed by atoms with Crippen molar-refractivity contribution in [3.8, 4) is 11.3 Å². The number of thioether (sulfide) groups is 1. The Morgan fingerprint density at radius 3 is 2.83 bits per heavy atom. The number of carbonyl (C=O) groups is 2. The molecule has 118 valence electrons. The van der Waals surface area contributed by atoms with Gasteiger partial charge in [-0.15, -0.1) is 11.3 Å². The lowest BCUT2D eigenvalue weighted by molar-refractivity contribution is -0.117. The number of rotatable bonds is 4. The number of ether oxygens (including phenoxy) is 1. The predicted octanol–water partition coefficient (Wildman–Crippen LogP) is 3.15. The van der Waals surface area contributed by atoms with Gasteiger partial charge in [0.15, 0.2) is 0 Å². The van der Waals surface area contributed by atoms with Gasteiger partial charge in [-0.3, -0.25) is 4.79 Å². The van der Waals surface area contributed by atoms with Crippen LogP contribution in [0.3, 0.4) is 0 Å². The zero-order valence-corrected chi connectivity index (χ0v) is 14.0. The molecule has 0 saturated carbocycles. The number of thiazole rings is 1. The minimum absolute atomic E-state index is 0.0216. The number of aromatic nitrogens is 1. The van der Waals surface area contributed by atoms with Gasteiger partial charge in [0.25, 0.3) is 0 Å². The summed E-state index contributed by atoms with van der Waals surface area (Å²) < 4.78 is 5.13. The second kappa shape index (κ2) is 6.97. The van der Waals surface area contributed by atoms with E-state index < -0.39 is 0 Å². The van der Waals surface area contributed by atoms with E-state index in [0.717, 1.165) is 10.6 Å². The lowest BCUT2D eigenvalue weighted by Crippen LogP contribution is -2.13. The fraction of sp³-hybridized carbons (Fsp3) is 0.188. The highest BCUT2D eigenvalue weighted by Gasteiger charge is 2.21. The fourth-order valence-corrected chi connectivity index (χ4v) is 3.81. The average molecular weight is 346 g/mol. The van der Waals surface area contributed by atoms with Crippen molar-refractivity contribution in [3.63, 3.8) is 0 Å². The Morgan fingerprint density at radius 2 is 2.17 bits per heavy atom. The molecule has 0 bridgehead atoms. The van der Waals surface area contributed by atoms with Gasteiger partial charge in [-0.1, -0.05) is 42.1 Å². The molecule has 1 saturated heterocycles. The predicted molar refractivity (Wildman–Crippen MR) is 92.1 cm³/mol. The topological polar surface area (TPSA) is 68.3 Å². The monoisotopic (exact) mass is 346 g/mol. The van der Waals surface area contributed by atoms with Crippen molar-refractivity contribution in [2.24, 2.45) is 0 Å². The number of carbonyl (C=O) groups excluding carboxylic acids is 2. The number of benzene rings is 1. The van der Waals surface area contributed by atoms with Crippen LogP contribution in [0, 0.1) is 0 Å². The second-order valence-corrected chi connectivity index (χ2v) is 6.71. The maximum absolute atomic E-state index is 12.2. The molecule has 0 aliphatic carbocycles. The molecule has 0 radical (unpaired) electrons. The summed E-state index contributed by atoms with van der Waals surface area (Å²) in [7, 11) is 0. The van der Waals surface area contributed by atoms with Gasteiger partial charge >= 0.3 is 5.97 Å². The quantitative estimate of drug-likeness (QED) is 0.862. The summed E-state index contributed by atoms with van der Waals surface area (Å²) >= 11 is 2.69. The summed E-state index contributed by atoms with van der Waals surface area (Å²) in [5.41, 5.74) is 1.47. The summed E-state index contributed by atoms with van der Waals surface area (Å²) in [5.74, 6) is 0.0105. The van der Waals surface area contributed by atoms with Crippen LogP contribution in [0.15, 0.2) is 35.4 Å². The highest BCUT2D eigenvalue weighted by atomic mass is 32.2. The molecular formula is C16H14N2O3S2. The fourth-order valence-electron chi connectivity index (χ4n) is 2.07. The normalized spacial score (nSPS) is 15.7. The third-order valence-electron chi connectivity index (χ3n) is 3.03. The first-order valence-corrected chi connectivity index (χ1v) is 8.85. The van der Waals surface area contributed by atoms with Crippen LogP contribution in [0.5, 0.6) is 0 Å². The van der Waals surface area contributed by atoms with Gasteiger partial charge in [0, 0.05) is 11.6 Å². The molecule has 1 aromatic heterocycles. The van der Waals surface area contributed by atoms with Gasteiger partial charge in [-0.25, -0.2) is 9.78 Å². The van der Waals surface area contributed by atoms with Crippen molar-refractivity contribution in [3.05, 3.63) is 45.2 Å². The van der Waals surface area contributed by atoms with Gasteiger partial charge < -0.3 is 10.1 Å². The van der Waals surface area contributed by atoms with Crippen molar-refractivity contribution in [1.29, 1.82) is 0 Å².